The molecule has 2 N–H and O–H groups in total. The zero-order valence-corrected chi connectivity index (χ0v) is 26.9. The van der Waals surface area contributed by atoms with E-state index in [1.807, 2.05) is 56.3 Å². The summed E-state index contributed by atoms with van der Waals surface area (Å²) >= 11 is 0. The SMILES string of the molecule is CCCCCCN(C(=O)C(Cc1ccccc1)NC(=O)OC(C)(C)C)C(C(=O)NCCCCC)c1cc(C)cc(C)c1. The molecule has 2 rings (SSSR count). The molecule has 0 heterocycles. The molecule has 2 unspecified atom stereocenters. The summed E-state index contributed by atoms with van der Waals surface area (Å²) in [5, 5.41) is 5.96. The number of hydrogen-bond acceptors (Lipinski definition) is 4. The normalized spacial score (nSPS) is 12.7. The minimum absolute atomic E-state index is 0.198. The van der Waals surface area contributed by atoms with Crippen molar-refractivity contribution < 1.29 is 19.1 Å². The molecule has 0 spiro atoms. The van der Waals surface area contributed by atoms with Crippen LogP contribution in [0.5, 0.6) is 0 Å². The summed E-state index contributed by atoms with van der Waals surface area (Å²) in [5.74, 6) is -0.496. The second kappa shape index (κ2) is 17.6. The highest BCUT2D eigenvalue weighted by Crippen LogP contribution is 2.26. The number of nitrogens with one attached hydrogen (secondary N) is 2. The largest absolute Gasteiger partial charge is 0.444 e. The van der Waals surface area contributed by atoms with Gasteiger partial charge in [-0.05, 0) is 58.6 Å². The van der Waals surface area contributed by atoms with E-state index < -0.39 is 23.8 Å². The van der Waals surface area contributed by atoms with Crippen molar-refractivity contribution in [3.8, 4) is 0 Å². The van der Waals surface area contributed by atoms with Crippen molar-refractivity contribution in [2.45, 2.75) is 118 Å². The molecular weight excluding hydrogens is 526 g/mol. The number of carbonyl (C=O) groups is 3. The highest BCUT2D eigenvalue weighted by atomic mass is 16.6. The Labute approximate surface area is 253 Å². The van der Waals surface area contributed by atoms with Crippen molar-refractivity contribution in [3.63, 3.8) is 0 Å². The number of rotatable bonds is 16. The Morgan fingerprint density at radius 2 is 1.48 bits per heavy atom. The molecule has 7 heteroatoms. The predicted octanol–water partition coefficient (Wildman–Crippen LogP) is 7.20. The maximum Gasteiger partial charge on any atom is 0.408 e. The molecule has 0 saturated carbocycles. The number of hydrogen-bond donors (Lipinski definition) is 2. The smallest absolute Gasteiger partial charge is 0.408 e. The van der Waals surface area contributed by atoms with Gasteiger partial charge in [0.1, 0.15) is 17.7 Å². The van der Waals surface area contributed by atoms with E-state index in [-0.39, 0.29) is 18.2 Å². The molecule has 0 aliphatic carbocycles. The monoisotopic (exact) mass is 579 g/mol. The lowest BCUT2D eigenvalue weighted by Gasteiger charge is -2.35. The van der Waals surface area contributed by atoms with Gasteiger partial charge in [-0.3, -0.25) is 9.59 Å². The van der Waals surface area contributed by atoms with Gasteiger partial charge in [0.25, 0.3) is 0 Å². The Morgan fingerprint density at radius 1 is 0.857 bits per heavy atom. The highest BCUT2D eigenvalue weighted by molar-refractivity contribution is 5.92. The zero-order valence-electron chi connectivity index (χ0n) is 26.9. The quantitative estimate of drug-likeness (QED) is 0.206. The second-order valence-corrected chi connectivity index (χ2v) is 12.3. The fourth-order valence-electron chi connectivity index (χ4n) is 5.10. The van der Waals surface area contributed by atoms with Crippen LogP contribution in [0.15, 0.2) is 48.5 Å². The van der Waals surface area contributed by atoms with Crippen molar-refractivity contribution >= 4 is 17.9 Å². The molecule has 7 nitrogen and oxygen atoms in total. The van der Waals surface area contributed by atoms with Gasteiger partial charge in [-0.2, -0.15) is 0 Å². The Morgan fingerprint density at radius 3 is 2.07 bits per heavy atom. The molecule has 0 aliphatic heterocycles. The van der Waals surface area contributed by atoms with Gasteiger partial charge in [-0.15, -0.1) is 0 Å². The average molecular weight is 580 g/mol. The molecule has 0 fully saturated rings. The molecular formula is C35H53N3O4. The van der Waals surface area contributed by atoms with Crippen molar-refractivity contribution in [1.82, 2.24) is 15.5 Å². The van der Waals surface area contributed by atoms with Crippen LogP contribution in [0.2, 0.25) is 0 Å². The van der Waals surface area contributed by atoms with Gasteiger partial charge in [-0.1, -0.05) is 106 Å². The molecule has 0 radical (unpaired) electrons. The first-order valence-corrected chi connectivity index (χ1v) is 15.6. The first kappa shape index (κ1) is 34.8. The Balaban J connectivity index is 2.55. The van der Waals surface area contributed by atoms with Crippen LogP contribution < -0.4 is 10.6 Å². The van der Waals surface area contributed by atoms with Gasteiger partial charge in [-0.25, -0.2) is 4.79 Å². The number of ether oxygens (including phenoxy) is 1. The average Bonchev–Trinajstić information content (AvgIpc) is 2.91. The summed E-state index contributed by atoms with van der Waals surface area (Å²) < 4.78 is 5.55. The molecule has 42 heavy (non-hydrogen) atoms. The Hall–Kier alpha value is -3.35. The fraction of sp³-hybridized carbons (Fsp3) is 0.571. The van der Waals surface area contributed by atoms with Crippen LogP contribution in [0.3, 0.4) is 0 Å². The summed E-state index contributed by atoms with van der Waals surface area (Å²) in [6, 6.07) is 13.9. The van der Waals surface area contributed by atoms with Crippen molar-refractivity contribution in [1.29, 1.82) is 0 Å². The molecule has 2 aromatic carbocycles. The number of aryl methyl sites for hydroxylation is 2. The van der Waals surface area contributed by atoms with Crippen LogP contribution in [-0.4, -0.2) is 47.5 Å². The molecule has 2 atom stereocenters. The van der Waals surface area contributed by atoms with E-state index in [0.717, 1.165) is 67.2 Å². The number of carbonyl (C=O) groups excluding carboxylic acids is 3. The summed E-state index contributed by atoms with van der Waals surface area (Å²) in [5.41, 5.74) is 3.02. The third-order valence-corrected chi connectivity index (χ3v) is 7.01. The first-order valence-electron chi connectivity index (χ1n) is 15.6. The second-order valence-electron chi connectivity index (χ2n) is 12.3. The van der Waals surface area contributed by atoms with E-state index in [1.165, 1.54) is 0 Å². The molecule has 0 bridgehead atoms. The van der Waals surface area contributed by atoms with Crippen molar-refractivity contribution in [3.05, 3.63) is 70.8 Å². The van der Waals surface area contributed by atoms with E-state index in [1.54, 1.807) is 25.7 Å². The third kappa shape index (κ3) is 12.3. The molecule has 3 amide bonds. The first-order chi connectivity index (χ1) is 19.9. The highest BCUT2D eigenvalue weighted by Gasteiger charge is 2.36. The van der Waals surface area contributed by atoms with Gasteiger partial charge < -0.3 is 20.3 Å². The summed E-state index contributed by atoms with van der Waals surface area (Å²) in [7, 11) is 0. The maximum atomic E-state index is 14.6. The topological polar surface area (TPSA) is 87.7 Å². The van der Waals surface area contributed by atoms with Crippen LogP contribution in [0, 0.1) is 13.8 Å². The van der Waals surface area contributed by atoms with Gasteiger partial charge in [0.05, 0.1) is 0 Å². The standard InChI is InChI=1S/C35H53N3O4/c1-8-10-12-17-21-38(31(32(39)36-20-16-11-9-2)29-23-26(3)22-27(4)24-29)33(40)30(25-28-18-14-13-15-19-28)37-34(41)42-35(5,6)7/h13-15,18-19,22-24,30-31H,8-12,16-17,20-21,25H2,1-7H3,(H,36,39)(H,37,41). The molecule has 0 aromatic heterocycles. The van der Waals surface area contributed by atoms with Crippen LogP contribution in [0.4, 0.5) is 4.79 Å². The minimum atomic E-state index is -0.908. The van der Waals surface area contributed by atoms with Gasteiger partial charge in [0.2, 0.25) is 11.8 Å². The number of alkyl carbamates (subject to hydrolysis) is 1. The Kier molecular flexibility index (Phi) is 14.6. The van der Waals surface area contributed by atoms with Crippen LogP contribution >= 0.6 is 0 Å². The van der Waals surface area contributed by atoms with Gasteiger partial charge in [0.15, 0.2) is 0 Å². The summed E-state index contributed by atoms with van der Waals surface area (Å²) in [6.07, 6.45) is 6.38. The number of unbranched alkanes of at least 4 members (excludes halogenated alkanes) is 5. The lowest BCUT2D eigenvalue weighted by atomic mass is 9.97. The summed E-state index contributed by atoms with van der Waals surface area (Å²) in [6.45, 7) is 14.6. The molecule has 2 aromatic rings. The lowest BCUT2D eigenvalue weighted by Crippen LogP contribution is -2.54. The van der Waals surface area contributed by atoms with E-state index in [9.17, 15) is 14.4 Å². The van der Waals surface area contributed by atoms with Crippen LogP contribution in [0.25, 0.3) is 0 Å². The van der Waals surface area contributed by atoms with Crippen molar-refractivity contribution in [2.24, 2.45) is 0 Å². The van der Waals surface area contributed by atoms with E-state index in [4.69, 9.17) is 4.74 Å². The number of benzene rings is 2. The third-order valence-electron chi connectivity index (χ3n) is 7.01. The zero-order chi connectivity index (χ0) is 31.1. The van der Waals surface area contributed by atoms with Gasteiger partial charge >= 0.3 is 6.09 Å². The minimum Gasteiger partial charge on any atom is -0.444 e. The van der Waals surface area contributed by atoms with Gasteiger partial charge in [0, 0.05) is 19.5 Å². The predicted molar refractivity (Wildman–Crippen MR) is 170 cm³/mol. The lowest BCUT2D eigenvalue weighted by molar-refractivity contribution is -0.142. The Bertz CT molecular complexity index is 1110. The maximum absolute atomic E-state index is 14.6. The van der Waals surface area contributed by atoms with Crippen LogP contribution in [0.1, 0.15) is 108 Å². The molecule has 0 aliphatic rings. The van der Waals surface area contributed by atoms with E-state index in [0.29, 0.717) is 13.1 Å². The fourth-order valence-corrected chi connectivity index (χ4v) is 5.10. The van der Waals surface area contributed by atoms with E-state index in [2.05, 4.69) is 30.5 Å². The number of amides is 3. The number of nitrogens with zero attached hydrogens (tertiary/aromatic N) is 1. The van der Waals surface area contributed by atoms with Crippen molar-refractivity contribution in [2.75, 3.05) is 13.1 Å². The molecule has 232 valence electrons. The van der Waals surface area contributed by atoms with Crippen LogP contribution in [-0.2, 0) is 20.7 Å². The van der Waals surface area contributed by atoms with E-state index >= 15 is 0 Å². The summed E-state index contributed by atoms with van der Waals surface area (Å²) in [4.78, 5) is 43.1. The molecule has 0 saturated heterocycles.